The summed E-state index contributed by atoms with van der Waals surface area (Å²) in [6.07, 6.45) is 13.8. The zero-order valence-electron chi connectivity index (χ0n) is 31.1. The smallest absolute Gasteiger partial charge is 0.326 e. The molecule has 0 aromatic carbocycles. The molecule has 6 N–H and O–H groups in total. The second-order valence-corrected chi connectivity index (χ2v) is 15.1. The molecule has 11 atom stereocenters. The Balaban J connectivity index is 1.53. The van der Waals surface area contributed by atoms with Gasteiger partial charge in [0.15, 0.2) is 0 Å². The first kappa shape index (κ1) is 42.5. The number of amides is 1. The number of carboxylic acid groups (broad SMARTS) is 1. The third-order valence-electron chi connectivity index (χ3n) is 10.9. The SMILES string of the molecule is CCC(/C=C(\C)C(O)CCC(C)/C=C/C(O)C(C)C1CCC(C)C(O)(C(=O)C(=O)N2CCCCC2C(=O)O)O1)C/C(C)=C/C1=CC(O)C(O)C=C1. The Morgan fingerprint density at radius 2 is 1.75 bits per heavy atom. The van der Waals surface area contributed by atoms with Crippen LogP contribution in [0.1, 0.15) is 99.3 Å². The average Bonchev–Trinajstić information content (AvgIpc) is 3.10. The van der Waals surface area contributed by atoms with Crippen molar-refractivity contribution in [2.24, 2.45) is 23.7 Å². The van der Waals surface area contributed by atoms with Crippen LogP contribution >= 0.6 is 0 Å². The third-order valence-corrected chi connectivity index (χ3v) is 10.9. The molecule has 0 bridgehead atoms. The highest BCUT2D eigenvalue weighted by Crippen LogP contribution is 2.37. The molecule has 0 aromatic rings. The highest BCUT2D eigenvalue weighted by Gasteiger charge is 2.53. The molecule has 0 saturated carbocycles. The second kappa shape index (κ2) is 19.2. The van der Waals surface area contributed by atoms with Gasteiger partial charge < -0.3 is 40.3 Å². The van der Waals surface area contributed by atoms with Crippen molar-refractivity contribution >= 4 is 17.7 Å². The summed E-state index contributed by atoms with van der Waals surface area (Å²) in [5.74, 6) is -6.77. The first-order valence-electron chi connectivity index (χ1n) is 18.6. The van der Waals surface area contributed by atoms with E-state index in [2.05, 4.69) is 13.0 Å². The summed E-state index contributed by atoms with van der Waals surface area (Å²) in [6.45, 7) is 11.6. The van der Waals surface area contributed by atoms with Gasteiger partial charge in [0.2, 0.25) is 5.79 Å². The molecule has 2 aliphatic heterocycles. The molecule has 0 aromatic heterocycles. The van der Waals surface area contributed by atoms with Crippen molar-refractivity contribution in [3.8, 4) is 0 Å². The number of aliphatic carboxylic acids is 1. The summed E-state index contributed by atoms with van der Waals surface area (Å²) in [4.78, 5) is 39.3. The van der Waals surface area contributed by atoms with E-state index in [1.54, 1.807) is 38.2 Å². The number of hydrogen-bond acceptors (Lipinski definition) is 9. The average molecular weight is 716 g/mol. The molecule has 11 heteroatoms. The monoisotopic (exact) mass is 715 g/mol. The lowest BCUT2D eigenvalue weighted by atomic mass is 9.82. The zero-order valence-corrected chi connectivity index (χ0v) is 31.1. The number of piperidine rings is 1. The topological polar surface area (TPSA) is 185 Å². The fraction of sp³-hybridized carbons (Fsp3) is 0.675. The molecule has 3 rings (SSSR count). The van der Waals surface area contributed by atoms with Gasteiger partial charge in [0.25, 0.3) is 11.7 Å². The van der Waals surface area contributed by atoms with Crippen molar-refractivity contribution < 1.29 is 49.8 Å². The Morgan fingerprint density at radius 1 is 1.04 bits per heavy atom. The third kappa shape index (κ3) is 11.5. The minimum absolute atomic E-state index is 0.0438. The van der Waals surface area contributed by atoms with Crippen LogP contribution < -0.4 is 0 Å². The highest BCUT2D eigenvalue weighted by molar-refractivity contribution is 6.39. The molecule has 11 nitrogen and oxygen atoms in total. The van der Waals surface area contributed by atoms with Gasteiger partial charge in [0.05, 0.1) is 18.3 Å². The lowest BCUT2D eigenvalue weighted by molar-refractivity contribution is -0.272. The maximum Gasteiger partial charge on any atom is 0.326 e. The molecule has 3 aliphatic rings. The highest BCUT2D eigenvalue weighted by atomic mass is 16.6. The number of aliphatic hydroxyl groups excluding tert-OH is 4. The predicted octanol–water partition coefficient (Wildman–Crippen LogP) is 4.38. The van der Waals surface area contributed by atoms with E-state index < -0.39 is 71.8 Å². The van der Waals surface area contributed by atoms with Crippen molar-refractivity contribution in [2.45, 2.75) is 142 Å². The van der Waals surface area contributed by atoms with Crippen LogP contribution in [0.2, 0.25) is 0 Å². The van der Waals surface area contributed by atoms with E-state index in [0.29, 0.717) is 38.5 Å². The fourth-order valence-electron chi connectivity index (χ4n) is 7.15. The van der Waals surface area contributed by atoms with Crippen LogP contribution in [0, 0.1) is 23.7 Å². The Labute approximate surface area is 303 Å². The molecule has 11 unspecified atom stereocenters. The van der Waals surface area contributed by atoms with E-state index >= 15 is 0 Å². The van der Waals surface area contributed by atoms with E-state index in [4.69, 9.17) is 4.74 Å². The molecule has 1 amide bonds. The van der Waals surface area contributed by atoms with E-state index in [0.717, 1.165) is 34.5 Å². The Kier molecular flexibility index (Phi) is 16.0. The molecule has 2 heterocycles. The largest absolute Gasteiger partial charge is 0.480 e. The summed E-state index contributed by atoms with van der Waals surface area (Å²) in [5, 5.41) is 62.5. The summed E-state index contributed by atoms with van der Waals surface area (Å²) < 4.78 is 5.91. The standard InChI is InChI=1S/C40H61NO10/c1-7-29(20-25(3)21-30-14-17-34(44)35(45)23-30)22-26(4)32(42)15-11-24(2)12-16-33(43)28(6)36-18-13-27(5)40(50,51-36)37(46)38(47)41-19-9-8-10-31(41)39(48)49/h12,14,16-17,21-24,27-29,31-36,42-45,50H,7-11,13,15,18-20H2,1-6H3,(H,48,49)/b16-12+,25-21+,26-22+. The summed E-state index contributed by atoms with van der Waals surface area (Å²) in [7, 11) is 0. The lowest BCUT2D eigenvalue weighted by Crippen LogP contribution is -2.61. The molecule has 1 aliphatic carbocycles. The van der Waals surface area contributed by atoms with Gasteiger partial charge in [-0.05, 0) is 101 Å². The van der Waals surface area contributed by atoms with Crippen LogP contribution in [0.15, 0.2) is 59.3 Å². The Morgan fingerprint density at radius 3 is 2.39 bits per heavy atom. The number of ether oxygens (including phenoxy) is 1. The van der Waals surface area contributed by atoms with Crippen molar-refractivity contribution in [1.29, 1.82) is 0 Å². The van der Waals surface area contributed by atoms with Gasteiger partial charge in [-0.1, -0.05) is 69.7 Å². The van der Waals surface area contributed by atoms with Crippen LogP contribution in [-0.2, 0) is 19.1 Å². The molecular formula is C40H61NO10. The normalized spacial score (nSPS) is 30.8. The van der Waals surface area contributed by atoms with Crippen LogP contribution in [0.4, 0.5) is 0 Å². The maximum absolute atomic E-state index is 13.4. The first-order chi connectivity index (χ1) is 24.0. The number of aliphatic hydroxyl groups is 5. The fourth-order valence-corrected chi connectivity index (χ4v) is 7.15. The second-order valence-electron chi connectivity index (χ2n) is 15.1. The summed E-state index contributed by atoms with van der Waals surface area (Å²) >= 11 is 0. The van der Waals surface area contributed by atoms with Crippen LogP contribution in [0.3, 0.4) is 0 Å². The number of rotatable bonds is 16. The lowest BCUT2D eigenvalue weighted by Gasteiger charge is -2.43. The number of ketones is 1. The summed E-state index contributed by atoms with van der Waals surface area (Å²) in [6, 6.07) is -1.12. The zero-order chi connectivity index (χ0) is 38.0. The van der Waals surface area contributed by atoms with Gasteiger partial charge in [-0.15, -0.1) is 0 Å². The molecule has 51 heavy (non-hydrogen) atoms. The van der Waals surface area contributed by atoms with Crippen LogP contribution in [0.5, 0.6) is 0 Å². The number of carbonyl (C=O) groups excluding carboxylic acids is 2. The number of Topliss-reactive ketones (excluding diaryl/α,β-unsaturated/α-hetero) is 1. The molecule has 286 valence electrons. The number of allylic oxidation sites excluding steroid dienone is 6. The van der Waals surface area contributed by atoms with Gasteiger partial charge in [0, 0.05) is 18.4 Å². The van der Waals surface area contributed by atoms with Gasteiger partial charge in [-0.2, -0.15) is 0 Å². The van der Waals surface area contributed by atoms with E-state index in [1.807, 2.05) is 32.9 Å². The van der Waals surface area contributed by atoms with E-state index in [-0.39, 0.29) is 24.8 Å². The Bertz CT molecular complexity index is 1370. The molecule has 2 fully saturated rings. The minimum Gasteiger partial charge on any atom is -0.480 e. The quantitative estimate of drug-likeness (QED) is 0.0990. The molecule has 0 radical (unpaired) electrons. The maximum atomic E-state index is 13.4. The number of nitrogens with zero attached hydrogens (tertiary/aromatic N) is 1. The number of likely N-dealkylation sites (tertiary alicyclic amines) is 1. The Hall–Kier alpha value is -2.93. The van der Waals surface area contributed by atoms with Gasteiger partial charge in [-0.3, -0.25) is 9.59 Å². The van der Waals surface area contributed by atoms with Gasteiger partial charge in [0.1, 0.15) is 18.2 Å². The van der Waals surface area contributed by atoms with Crippen LogP contribution in [0.25, 0.3) is 0 Å². The van der Waals surface area contributed by atoms with Crippen molar-refractivity contribution in [3.05, 3.63) is 59.3 Å². The molecule has 2 saturated heterocycles. The molecular weight excluding hydrogens is 654 g/mol. The molecule has 0 spiro atoms. The predicted molar refractivity (Wildman–Crippen MR) is 194 cm³/mol. The van der Waals surface area contributed by atoms with Gasteiger partial charge >= 0.3 is 5.97 Å². The van der Waals surface area contributed by atoms with E-state index in [1.165, 1.54) is 0 Å². The number of carbonyl (C=O) groups is 3. The number of carboxylic acids is 1. The first-order valence-corrected chi connectivity index (χ1v) is 18.6. The van der Waals surface area contributed by atoms with Crippen LogP contribution in [-0.4, -0.2) is 102 Å². The van der Waals surface area contributed by atoms with Crippen molar-refractivity contribution in [3.63, 3.8) is 0 Å². The van der Waals surface area contributed by atoms with Gasteiger partial charge in [-0.25, -0.2) is 4.79 Å². The summed E-state index contributed by atoms with van der Waals surface area (Å²) in [5.41, 5.74) is 2.89. The van der Waals surface area contributed by atoms with Crippen molar-refractivity contribution in [2.75, 3.05) is 6.54 Å². The minimum atomic E-state index is -2.42. The number of hydrogen-bond donors (Lipinski definition) is 6. The van der Waals surface area contributed by atoms with E-state index in [9.17, 15) is 45.0 Å². The van der Waals surface area contributed by atoms with Crippen molar-refractivity contribution in [1.82, 2.24) is 4.90 Å².